The van der Waals surface area contributed by atoms with Gasteiger partial charge in [0.25, 0.3) is 0 Å². The van der Waals surface area contributed by atoms with E-state index in [1.807, 2.05) is 4.72 Å². The fraction of sp³-hybridized carbons (Fsp3) is 0.300. The number of carboxylic acid groups (broad SMARTS) is 1. The Kier molecular flexibility index (Phi) is 3.99. The molecular weight excluding hydrogens is 285 g/mol. The van der Waals surface area contributed by atoms with Gasteiger partial charge in [-0.2, -0.15) is 4.72 Å². The van der Waals surface area contributed by atoms with Crippen LogP contribution in [-0.4, -0.2) is 25.0 Å². The molecule has 100 valence electrons. The SMILES string of the molecule is CC(C)(NS(=O)(=O)c1ccc(Cl)cc1F)C(=O)O. The van der Waals surface area contributed by atoms with Crippen LogP contribution in [0.4, 0.5) is 4.39 Å². The number of benzene rings is 1. The first kappa shape index (κ1) is 14.9. The minimum absolute atomic E-state index is 0.0453. The van der Waals surface area contributed by atoms with E-state index in [1.54, 1.807) is 0 Å². The molecule has 0 saturated carbocycles. The molecule has 0 aromatic heterocycles. The monoisotopic (exact) mass is 295 g/mol. The molecule has 0 spiro atoms. The second-order valence-corrected chi connectivity index (χ2v) is 6.20. The normalized spacial score (nSPS) is 12.4. The maximum Gasteiger partial charge on any atom is 0.324 e. The highest BCUT2D eigenvalue weighted by Crippen LogP contribution is 2.20. The lowest BCUT2D eigenvalue weighted by atomic mass is 10.1. The van der Waals surface area contributed by atoms with Gasteiger partial charge in [0, 0.05) is 5.02 Å². The summed E-state index contributed by atoms with van der Waals surface area (Å²) in [5.41, 5.74) is -1.75. The Labute approximate surface area is 109 Å². The van der Waals surface area contributed by atoms with Gasteiger partial charge in [0.1, 0.15) is 16.3 Å². The van der Waals surface area contributed by atoms with Crippen molar-refractivity contribution < 1.29 is 22.7 Å². The molecular formula is C10H11ClFNO4S. The lowest BCUT2D eigenvalue weighted by Gasteiger charge is -2.20. The van der Waals surface area contributed by atoms with Gasteiger partial charge in [0.2, 0.25) is 10.0 Å². The zero-order chi connectivity index (χ0) is 14.1. The van der Waals surface area contributed by atoms with Crippen molar-refractivity contribution in [3.8, 4) is 0 Å². The summed E-state index contributed by atoms with van der Waals surface area (Å²) in [6.07, 6.45) is 0. The average Bonchev–Trinajstić information content (AvgIpc) is 2.14. The van der Waals surface area contributed by atoms with Crippen LogP contribution in [0.15, 0.2) is 23.1 Å². The van der Waals surface area contributed by atoms with Crippen molar-refractivity contribution in [2.75, 3.05) is 0 Å². The van der Waals surface area contributed by atoms with Crippen LogP contribution in [0.2, 0.25) is 5.02 Å². The number of sulfonamides is 1. The number of halogens is 2. The summed E-state index contributed by atoms with van der Waals surface area (Å²) in [6.45, 7) is 2.31. The Bertz CT molecular complexity index is 586. The van der Waals surface area contributed by atoms with E-state index in [4.69, 9.17) is 16.7 Å². The Hall–Kier alpha value is -1.18. The van der Waals surface area contributed by atoms with Crippen molar-refractivity contribution in [2.24, 2.45) is 0 Å². The van der Waals surface area contributed by atoms with Gasteiger partial charge in [0.05, 0.1) is 0 Å². The van der Waals surface area contributed by atoms with Crippen LogP contribution in [-0.2, 0) is 14.8 Å². The molecule has 1 aromatic carbocycles. The summed E-state index contributed by atoms with van der Waals surface area (Å²) in [5, 5.41) is 8.87. The van der Waals surface area contributed by atoms with Crippen molar-refractivity contribution in [3.05, 3.63) is 29.0 Å². The molecule has 0 aliphatic carbocycles. The molecule has 0 aliphatic heterocycles. The van der Waals surface area contributed by atoms with Crippen LogP contribution >= 0.6 is 11.6 Å². The van der Waals surface area contributed by atoms with Gasteiger partial charge in [-0.1, -0.05) is 11.6 Å². The average molecular weight is 296 g/mol. The highest BCUT2D eigenvalue weighted by atomic mass is 35.5. The first-order valence-electron chi connectivity index (χ1n) is 4.79. The number of rotatable bonds is 4. The first-order chi connectivity index (χ1) is 8.06. The van der Waals surface area contributed by atoms with Crippen LogP contribution < -0.4 is 4.72 Å². The number of carboxylic acids is 1. The first-order valence-corrected chi connectivity index (χ1v) is 6.65. The van der Waals surface area contributed by atoms with E-state index < -0.39 is 32.2 Å². The van der Waals surface area contributed by atoms with Gasteiger partial charge in [-0.25, -0.2) is 12.8 Å². The number of nitrogens with one attached hydrogen (secondary N) is 1. The van der Waals surface area contributed by atoms with Gasteiger partial charge < -0.3 is 5.11 Å². The Morgan fingerprint density at radius 2 is 2.00 bits per heavy atom. The summed E-state index contributed by atoms with van der Waals surface area (Å²) < 4.78 is 39.0. The molecule has 0 fully saturated rings. The van der Waals surface area contributed by atoms with Crippen LogP contribution in [0.25, 0.3) is 0 Å². The van der Waals surface area contributed by atoms with Crippen LogP contribution in [0.1, 0.15) is 13.8 Å². The molecule has 0 amide bonds. The third-order valence-corrected chi connectivity index (χ3v) is 4.03. The maximum absolute atomic E-state index is 13.5. The van der Waals surface area contributed by atoms with E-state index in [1.165, 1.54) is 6.07 Å². The van der Waals surface area contributed by atoms with E-state index >= 15 is 0 Å². The van der Waals surface area contributed by atoms with E-state index in [-0.39, 0.29) is 5.02 Å². The largest absolute Gasteiger partial charge is 0.480 e. The molecule has 5 nitrogen and oxygen atoms in total. The molecule has 0 radical (unpaired) electrons. The van der Waals surface area contributed by atoms with Gasteiger partial charge >= 0.3 is 5.97 Å². The van der Waals surface area contributed by atoms with Crippen LogP contribution in [0.5, 0.6) is 0 Å². The second kappa shape index (κ2) is 4.83. The van der Waals surface area contributed by atoms with Crippen molar-refractivity contribution in [2.45, 2.75) is 24.3 Å². The number of hydrogen-bond donors (Lipinski definition) is 2. The number of carbonyl (C=O) groups is 1. The molecule has 0 heterocycles. The van der Waals surface area contributed by atoms with E-state index in [0.717, 1.165) is 26.0 Å². The van der Waals surface area contributed by atoms with Gasteiger partial charge in [-0.15, -0.1) is 0 Å². The van der Waals surface area contributed by atoms with Crippen molar-refractivity contribution in [3.63, 3.8) is 0 Å². The molecule has 1 rings (SSSR count). The highest BCUT2D eigenvalue weighted by molar-refractivity contribution is 7.89. The number of aliphatic carboxylic acids is 1. The molecule has 0 aliphatic rings. The molecule has 18 heavy (non-hydrogen) atoms. The summed E-state index contributed by atoms with van der Waals surface area (Å²) in [7, 11) is -4.27. The van der Waals surface area contributed by atoms with E-state index in [2.05, 4.69) is 0 Å². The zero-order valence-corrected chi connectivity index (χ0v) is 11.1. The van der Waals surface area contributed by atoms with Crippen molar-refractivity contribution in [1.82, 2.24) is 4.72 Å². The van der Waals surface area contributed by atoms with Crippen LogP contribution in [0.3, 0.4) is 0 Å². The Balaban J connectivity index is 3.19. The fourth-order valence-electron chi connectivity index (χ4n) is 1.13. The third-order valence-electron chi connectivity index (χ3n) is 2.11. The highest BCUT2D eigenvalue weighted by Gasteiger charge is 2.34. The van der Waals surface area contributed by atoms with Gasteiger partial charge in [-0.05, 0) is 32.0 Å². The van der Waals surface area contributed by atoms with Gasteiger partial charge in [0.15, 0.2) is 0 Å². The molecule has 2 N–H and O–H groups in total. The molecule has 1 aromatic rings. The second-order valence-electron chi connectivity index (χ2n) is 4.11. The topological polar surface area (TPSA) is 83.5 Å². The molecule has 0 saturated heterocycles. The summed E-state index contributed by atoms with van der Waals surface area (Å²) in [5.74, 6) is -2.42. The lowest BCUT2D eigenvalue weighted by Crippen LogP contribution is -2.49. The van der Waals surface area contributed by atoms with E-state index in [9.17, 15) is 17.6 Å². The molecule has 0 bridgehead atoms. The summed E-state index contributed by atoms with van der Waals surface area (Å²) in [4.78, 5) is 10.2. The van der Waals surface area contributed by atoms with Gasteiger partial charge in [-0.3, -0.25) is 4.79 Å². The molecule has 0 unspecified atom stereocenters. The molecule has 8 heteroatoms. The van der Waals surface area contributed by atoms with Crippen molar-refractivity contribution in [1.29, 1.82) is 0 Å². The summed E-state index contributed by atoms with van der Waals surface area (Å²) >= 11 is 5.50. The maximum atomic E-state index is 13.5. The Morgan fingerprint density at radius 3 is 2.44 bits per heavy atom. The predicted molar refractivity (Wildman–Crippen MR) is 63.4 cm³/mol. The number of hydrogen-bond acceptors (Lipinski definition) is 3. The third kappa shape index (κ3) is 3.18. The van der Waals surface area contributed by atoms with Crippen molar-refractivity contribution >= 4 is 27.6 Å². The summed E-state index contributed by atoms with van der Waals surface area (Å²) in [6, 6.07) is 3.01. The zero-order valence-electron chi connectivity index (χ0n) is 9.57. The lowest BCUT2D eigenvalue weighted by molar-refractivity contribution is -0.142. The fourth-order valence-corrected chi connectivity index (χ4v) is 2.72. The minimum Gasteiger partial charge on any atom is -0.480 e. The Morgan fingerprint density at radius 1 is 1.44 bits per heavy atom. The van der Waals surface area contributed by atoms with E-state index in [0.29, 0.717) is 0 Å². The molecule has 0 atom stereocenters. The standard InChI is InChI=1S/C10H11ClFNO4S/c1-10(2,9(14)15)13-18(16,17)8-4-3-6(11)5-7(8)12/h3-5,13H,1-2H3,(H,14,15). The predicted octanol–water partition coefficient (Wildman–Crippen LogP) is 1.62. The van der Waals surface area contributed by atoms with Crippen LogP contribution in [0, 0.1) is 5.82 Å². The smallest absolute Gasteiger partial charge is 0.324 e. The quantitative estimate of drug-likeness (QED) is 0.884. The minimum atomic E-state index is -4.27.